The Bertz CT molecular complexity index is 770. The van der Waals surface area contributed by atoms with Gasteiger partial charge >= 0.3 is 5.97 Å². The third-order valence-corrected chi connectivity index (χ3v) is 4.16. The number of aromatic nitrogens is 1. The lowest BCUT2D eigenvalue weighted by Gasteiger charge is -2.15. The molecule has 0 aliphatic rings. The summed E-state index contributed by atoms with van der Waals surface area (Å²) in [4.78, 5) is 23.9. The van der Waals surface area contributed by atoms with Gasteiger partial charge in [0.05, 0.1) is 10.9 Å². The van der Waals surface area contributed by atoms with Crippen LogP contribution in [0, 0.1) is 18.8 Å². The fourth-order valence-electron chi connectivity index (χ4n) is 2.62. The standard InChI is InChI=1S/C18H21ClN2O4/c1-10(2)8-12(18(23)24)9-20-17(22)15-11(3)25-21-16(15)13-6-4-5-7-14(13)19/h4-7,10,12H,8-9H2,1-3H3,(H,20,22)(H,23,24). The van der Waals surface area contributed by atoms with Gasteiger partial charge in [-0.3, -0.25) is 9.59 Å². The SMILES string of the molecule is Cc1onc(-c2ccccc2Cl)c1C(=O)NCC(CC(C)C)C(=O)O. The van der Waals surface area contributed by atoms with Crippen molar-refractivity contribution in [2.75, 3.05) is 6.54 Å². The number of hydrogen-bond donors (Lipinski definition) is 2. The van der Waals surface area contributed by atoms with Crippen LogP contribution in [0.2, 0.25) is 5.02 Å². The third-order valence-electron chi connectivity index (χ3n) is 3.83. The van der Waals surface area contributed by atoms with Crippen molar-refractivity contribution in [2.45, 2.75) is 27.2 Å². The molecule has 7 heteroatoms. The van der Waals surface area contributed by atoms with Crippen LogP contribution >= 0.6 is 11.6 Å². The molecule has 2 aromatic rings. The predicted octanol–water partition coefficient (Wildman–Crippen LogP) is 3.78. The van der Waals surface area contributed by atoms with Crippen molar-refractivity contribution in [3.8, 4) is 11.3 Å². The number of carbonyl (C=O) groups excluding carboxylic acids is 1. The molecule has 1 unspecified atom stereocenters. The van der Waals surface area contributed by atoms with E-state index in [2.05, 4.69) is 10.5 Å². The smallest absolute Gasteiger partial charge is 0.308 e. The maximum atomic E-state index is 12.6. The Morgan fingerprint density at radius 3 is 2.60 bits per heavy atom. The predicted molar refractivity (Wildman–Crippen MR) is 94.6 cm³/mol. The summed E-state index contributed by atoms with van der Waals surface area (Å²) in [6, 6.07) is 7.01. The van der Waals surface area contributed by atoms with Crippen molar-refractivity contribution in [1.29, 1.82) is 0 Å². The van der Waals surface area contributed by atoms with Gasteiger partial charge in [-0.15, -0.1) is 0 Å². The molecule has 0 saturated heterocycles. The van der Waals surface area contributed by atoms with E-state index >= 15 is 0 Å². The zero-order valence-electron chi connectivity index (χ0n) is 14.4. The van der Waals surface area contributed by atoms with Gasteiger partial charge in [-0.05, 0) is 25.3 Å². The highest BCUT2D eigenvalue weighted by Crippen LogP contribution is 2.30. The van der Waals surface area contributed by atoms with Gasteiger partial charge in [-0.2, -0.15) is 0 Å². The van der Waals surface area contributed by atoms with Crippen LogP contribution < -0.4 is 5.32 Å². The van der Waals surface area contributed by atoms with Gasteiger partial charge in [0.25, 0.3) is 5.91 Å². The lowest BCUT2D eigenvalue weighted by molar-refractivity contribution is -0.142. The molecular formula is C18H21ClN2O4. The molecule has 0 fully saturated rings. The van der Waals surface area contributed by atoms with Crippen LogP contribution in [0.3, 0.4) is 0 Å². The molecule has 2 rings (SSSR count). The number of amides is 1. The Balaban J connectivity index is 2.22. The highest BCUT2D eigenvalue weighted by atomic mass is 35.5. The van der Waals surface area contributed by atoms with E-state index in [9.17, 15) is 14.7 Å². The zero-order chi connectivity index (χ0) is 18.6. The number of carbonyl (C=O) groups is 2. The van der Waals surface area contributed by atoms with Gasteiger partial charge in [-0.1, -0.05) is 48.8 Å². The van der Waals surface area contributed by atoms with Gasteiger partial charge in [-0.25, -0.2) is 0 Å². The molecule has 134 valence electrons. The number of benzene rings is 1. The second kappa shape index (κ2) is 8.16. The van der Waals surface area contributed by atoms with Crippen LogP contribution in [0.15, 0.2) is 28.8 Å². The van der Waals surface area contributed by atoms with E-state index in [-0.39, 0.29) is 18.0 Å². The first-order valence-electron chi connectivity index (χ1n) is 8.03. The minimum Gasteiger partial charge on any atom is -0.481 e. The third kappa shape index (κ3) is 4.60. The number of nitrogens with zero attached hydrogens (tertiary/aromatic N) is 1. The number of aryl methyl sites for hydroxylation is 1. The molecule has 6 nitrogen and oxygen atoms in total. The fraction of sp³-hybridized carbons (Fsp3) is 0.389. The van der Waals surface area contributed by atoms with E-state index in [1.807, 2.05) is 13.8 Å². The molecule has 0 saturated carbocycles. The van der Waals surface area contributed by atoms with Crippen LogP contribution in [0.1, 0.15) is 36.4 Å². The van der Waals surface area contributed by atoms with E-state index in [1.54, 1.807) is 31.2 Å². The normalized spacial score (nSPS) is 12.2. The Kier molecular flexibility index (Phi) is 6.20. The maximum absolute atomic E-state index is 12.6. The van der Waals surface area contributed by atoms with Gasteiger partial charge in [0, 0.05) is 12.1 Å². The number of rotatable bonds is 7. The van der Waals surface area contributed by atoms with E-state index in [4.69, 9.17) is 16.1 Å². The van der Waals surface area contributed by atoms with Crippen molar-refractivity contribution in [3.05, 3.63) is 40.6 Å². The molecule has 1 atom stereocenters. The second-order valence-electron chi connectivity index (χ2n) is 6.32. The molecule has 0 aliphatic carbocycles. The summed E-state index contributed by atoms with van der Waals surface area (Å²) in [7, 11) is 0. The zero-order valence-corrected chi connectivity index (χ0v) is 15.1. The van der Waals surface area contributed by atoms with Crippen molar-refractivity contribution in [2.24, 2.45) is 11.8 Å². The summed E-state index contributed by atoms with van der Waals surface area (Å²) in [5, 5.41) is 16.4. The molecule has 25 heavy (non-hydrogen) atoms. The molecule has 0 aliphatic heterocycles. The summed E-state index contributed by atoms with van der Waals surface area (Å²) in [5.41, 5.74) is 1.20. The van der Waals surface area contributed by atoms with Gasteiger partial charge < -0.3 is 14.9 Å². The average molecular weight is 365 g/mol. The molecule has 0 spiro atoms. The minimum atomic E-state index is -0.928. The molecule has 1 amide bonds. The molecule has 2 N–H and O–H groups in total. The van der Waals surface area contributed by atoms with E-state index in [0.29, 0.717) is 28.5 Å². The average Bonchev–Trinajstić information content (AvgIpc) is 2.92. The molecule has 0 radical (unpaired) electrons. The van der Waals surface area contributed by atoms with Gasteiger partial charge in [0.2, 0.25) is 0 Å². The molecule has 1 aromatic carbocycles. The number of hydrogen-bond acceptors (Lipinski definition) is 4. The van der Waals surface area contributed by atoms with Gasteiger partial charge in [0.1, 0.15) is 17.0 Å². The van der Waals surface area contributed by atoms with Crippen molar-refractivity contribution >= 4 is 23.5 Å². The first-order chi connectivity index (χ1) is 11.8. The Morgan fingerprint density at radius 2 is 2.00 bits per heavy atom. The van der Waals surface area contributed by atoms with Crippen molar-refractivity contribution < 1.29 is 19.2 Å². The van der Waals surface area contributed by atoms with Gasteiger partial charge in [0.15, 0.2) is 0 Å². The van der Waals surface area contributed by atoms with Crippen LogP contribution in [-0.4, -0.2) is 28.7 Å². The van der Waals surface area contributed by atoms with Crippen LogP contribution in [0.5, 0.6) is 0 Å². The highest BCUT2D eigenvalue weighted by molar-refractivity contribution is 6.33. The minimum absolute atomic E-state index is 0.0406. The van der Waals surface area contributed by atoms with Crippen LogP contribution in [0.4, 0.5) is 0 Å². The topological polar surface area (TPSA) is 92.4 Å². The maximum Gasteiger partial charge on any atom is 0.308 e. The first kappa shape index (κ1) is 19.0. The lowest BCUT2D eigenvalue weighted by Crippen LogP contribution is -2.34. The fourth-order valence-corrected chi connectivity index (χ4v) is 2.85. The van der Waals surface area contributed by atoms with Crippen LogP contribution in [0.25, 0.3) is 11.3 Å². The first-order valence-corrected chi connectivity index (χ1v) is 8.41. The summed E-state index contributed by atoms with van der Waals surface area (Å²) in [6.07, 6.45) is 0.482. The summed E-state index contributed by atoms with van der Waals surface area (Å²) < 4.78 is 5.16. The highest BCUT2D eigenvalue weighted by Gasteiger charge is 2.25. The molecule has 0 bridgehead atoms. The number of aliphatic carboxylic acids is 1. The molecular weight excluding hydrogens is 344 g/mol. The van der Waals surface area contributed by atoms with Crippen LogP contribution in [-0.2, 0) is 4.79 Å². The molecule has 1 heterocycles. The van der Waals surface area contributed by atoms with E-state index in [0.717, 1.165) is 0 Å². The summed E-state index contributed by atoms with van der Waals surface area (Å²) >= 11 is 6.18. The molecule has 1 aromatic heterocycles. The largest absolute Gasteiger partial charge is 0.481 e. The Labute approximate surface area is 151 Å². The monoisotopic (exact) mass is 364 g/mol. The Morgan fingerprint density at radius 1 is 1.32 bits per heavy atom. The number of carboxylic acids is 1. The van der Waals surface area contributed by atoms with Crippen molar-refractivity contribution in [1.82, 2.24) is 10.5 Å². The number of halogens is 1. The lowest BCUT2D eigenvalue weighted by atomic mass is 9.97. The Hall–Kier alpha value is -2.34. The van der Waals surface area contributed by atoms with Crippen molar-refractivity contribution in [3.63, 3.8) is 0 Å². The number of carboxylic acid groups (broad SMARTS) is 1. The number of nitrogens with one attached hydrogen (secondary N) is 1. The summed E-state index contributed by atoms with van der Waals surface area (Å²) in [6.45, 7) is 5.55. The quantitative estimate of drug-likeness (QED) is 0.779. The van der Waals surface area contributed by atoms with E-state index in [1.165, 1.54) is 0 Å². The second-order valence-corrected chi connectivity index (χ2v) is 6.72. The van der Waals surface area contributed by atoms with E-state index < -0.39 is 17.8 Å². The summed E-state index contributed by atoms with van der Waals surface area (Å²) in [5.74, 6) is -1.43.